The van der Waals surface area contributed by atoms with Gasteiger partial charge in [-0.25, -0.2) is 0 Å². The van der Waals surface area contributed by atoms with Gasteiger partial charge in [0.25, 0.3) is 0 Å². The van der Waals surface area contributed by atoms with E-state index in [-0.39, 0.29) is 5.41 Å². The molecule has 0 heterocycles. The molecule has 0 spiro atoms. The summed E-state index contributed by atoms with van der Waals surface area (Å²) in [6.45, 7) is 10.3. The highest BCUT2D eigenvalue weighted by Gasteiger charge is 2.12. The normalized spacial score (nSPS) is 11.8. The quantitative estimate of drug-likeness (QED) is 0.561. The first-order valence-electron chi connectivity index (χ1n) is 5.79. The zero-order chi connectivity index (χ0) is 12.0. The molecule has 1 rings (SSSR count). The summed E-state index contributed by atoms with van der Waals surface area (Å²) >= 11 is 0. The maximum absolute atomic E-state index is 5.36. The van der Waals surface area contributed by atoms with Gasteiger partial charge in [-0.05, 0) is 23.5 Å². The SMILES string of the molecule is CCOCOCc1ccc(C(C)(C)C)cc1. The third-order valence-corrected chi connectivity index (χ3v) is 2.46. The molecule has 2 heteroatoms. The minimum atomic E-state index is 0.213. The molecule has 0 fully saturated rings. The Morgan fingerprint density at radius 2 is 1.62 bits per heavy atom. The van der Waals surface area contributed by atoms with Crippen molar-refractivity contribution in [2.75, 3.05) is 13.4 Å². The van der Waals surface area contributed by atoms with Crippen molar-refractivity contribution in [2.24, 2.45) is 0 Å². The first-order chi connectivity index (χ1) is 7.54. The zero-order valence-electron chi connectivity index (χ0n) is 10.7. The zero-order valence-corrected chi connectivity index (χ0v) is 10.7. The van der Waals surface area contributed by atoms with Crippen LogP contribution in [0.15, 0.2) is 24.3 Å². The molecule has 0 saturated heterocycles. The molecule has 0 radical (unpaired) electrons. The van der Waals surface area contributed by atoms with Gasteiger partial charge in [-0.1, -0.05) is 45.0 Å². The Kier molecular flexibility index (Phi) is 4.97. The molecule has 0 N–H and O–H groups in total. The van der Waals surface area contributed by atoms with E-state index < -0.39 is 0 Å². The molecular formula is C14H22O2. The van der Waals surface area contributed by atoms with Gasteiger partial charge in [-0.3, -0.25) is 0 Å². The Balaban J connectivity index is 2.46. The summed E-state index contributed by atoms with van der Waals surface area (Å²) in [5.74, 6) is 0. The molecule has 1 aromatic rings. The molecule has 0 aliphatic heterocycles. The number of benzene rings is 1. The van der Waals surface area contributed by atoms with Gasteiger partial charge in [0.2, 0.25) is 0 Å². The molecule has 0 atom stereocenters. The van der Waals surface area contributed by atoms with E-state index in [0.29, 0.717) is 20.0 Å². The second-order valence-electron chi connectivity index (χ2n) is 4.91. The van der Waals surface area contributed by atoms with E-state index in [0.717, 1.165) is 0 Å². The monoisotopic (exact) mass is 222 g/mol. The van der Waals surface area contributed by atoms with Gasteiger partial charge in [-0.15, -0.1) is 0 Å². The fraction of sp³-hybridized carbons (Fsp3) is 0.571. The lowest BCUT2D eigenvalue weighted by Crippen LogP contribution is -2.10. The summed E-state index contributed by atoms with van der Waals surface area (Å²) in [6.07, 6.45) is 0. The van der Waals surface area contributed by atoms with E-state index in [1.807, 2.05) is 6.92 Å². The Labute approximate surface area is 98.6 Å². The molecule has 0 aliphatic carbocycles. The molecular weight excluding hydrogens is 200 g/mol. The molecule has 16 heavy (non-hydrogen) atoms. The highest BCUT2D eigenvalue weighted by molar-refractivity contribution is 5.27. The smallest absolute Gasteiger partial charge is 0.147 e. The minimum absolute atomic E-state index is 0.213. The van der Waals surface area contributed by atoms with E-state index in [9.17, 15) is 0 Å². The molecule has 0 amide bonds. The van der Waals surface area contributed by atoms with Crippen LogP contribution < -0.4 is 0 Å². The van der Waals surface area contributed by atoms with Crippen LogP contribution >= 0.6 is 0 Å². The third-order valence-electron chi connectivity index (χ3n) is 2.46. The second-order valence-corrected chi connectivity index (χ2v) is 4.91. The minimum Gasteiger partial charge on any atom is -0.356 e. The number of rotatable bonds is 5. The van der Waals surface area contributed by atoms with Crippen molar-refractivity contribution in [3.05, 3.63) is 35.4 Å². The van der Waals surface area contributed by atoms with Crippen molar-refractivity contribution < 1.29 is 9.47 Å². The first kappa shape index (κ1) is 13.2. The van der Waals surface area contributed by atoms with Crippen LogP contribution in [0.3, 0.4) is 0 Å². The summed E-state index contributed by atoms with van der Waals surface area (Å²) in [7, 11) is 0. The van der Waals surface area contributed by atoms with Crippen LogP contribution in [0.25, 0.3) is 0 Å². The number of hydrogen-bond acceptors (Lipinski definition) is 2. The lowest BCUT2D eigenvalue weighted by molar-refractivity contribution is -0.0571. The van der Waals surface area contributed by atoms with Gasteiger partial charge in [0.15, 0.2) is 0 Å². The Bertz CT molecular complexity index is 296. The molecule has 90 valence electrons. The van der Waals surface area contributed by atoms with Crippen LogP contribution in [0, 0.1) is 0 Å². The van der Waals surface area contributed by atoms with E-state index >= 15 is 0 Å². The molecule has 0 aliphatic rings. The Morgan fingerprint density at radius 3 is 2.12 bits per heavy atom. The van der Waals surface area contributed by atoms with Crippen LogP contribution in [-0.2, 0) is 21.5 Å². The van der Waals surface area contributed by atoms with Crippen LogP contribution in [-0.4, -0.2) is 13.4 Å². The molecule has 0 aromatic heterocycles. The number of ether oxygens (including phenoxy) is 2. The molecule has 0 unspecified atom stereocenters. The average molecular weight is 222 g/mol. The lowest BCUT2D eigenvalue weighted by atomic mass is 9.87. The van der Waals surface area contributed by atoms with Crippen molar-refractivity contribution >= 4 is 0 Å². The molecule has 0 saturated carbocycles. The topological polar surface area (TPSA) is 18.5 Å². The van der Waals surface area contributed by atoms with Gasteiger partial charge in [-0.2, -0.15) is 0 Å². The van der Waals surface area contributed by atoms with Crippen molar-refractivity contribution in [1.29, 1.82) is 0 Å². The predicted octanol–water partition coefficient (Wildman–Crippen LogP) is 3.49. The van der Waals surface area contributed by atoms with Crippen molar-refractivity contribution in [1.82, 2.24) is 0 Å². The highest BCUT2D eigenvalue weighted by Crippen LogP contribution is 2.22. The fourth-order valence-electron chi connectivity index (χ4n) is 1.40. The lowest BCUT2D eigenvalue weighted by Gasteiger charge is -2.19. The molecule has 1 aromatic carbocycles. The first-order valence-corrected chi connectivity index (χ1v) is 5.79. The van der Waals surface area contributed by atoms with Crippen LogP contribution in [0.4, 0.5) is 0 Å². The van der Waals surface area contributed by atoms with E-state index in [2.05, 4.69) is 45.0 Å². The predicted molar refractivity (Wildman–Crippen MR) is 66.4 cm³/mol. The van der Waals surface area contributed by atoms with Crippen LogP contribution in [0.5, 0.6) is 0 Å². The van der Waals surface area contributed by atoms with Crippen molar-refractivity contribution in [2.45, 2.75) is 39.7 Å². The summed E-state index contributed by atoms with van der Waals surface area (Å²) in [4.78, 5) is 0. The van der Waals surface area contributed by atoms with Crippen LogP contribution in [0.2, 0.25) is 0 Å². The van der Waals surface area contributed by atoms with Crippen molar-refractivity contribution in [3.63, 3.8) is 0 Å². The van der Waals surface area contributed by atoms with Gasteiger partial charge in [0, 0.05) is 6.61 Å². The third kappa shape index (κ3) is 4.33. The second kappa shape index (κ2) is 6.02. The average Bonchev–Trinajstić information content (AvgIpc) is 2.24. The van der Waals surface area contributed by atoms with Gasteiger partial charge in [0.05, 0.1) is 6.61 Å². The maximum atomic E-state index is 5.36. The highest BCUT2D eigenvalue weighted by atomic mass is 16.7. The fourth-order valence-corrected chi connectivity index (χ4v) is 1.40. The van der Waals surface area contributed by atoms with E-state index in [1.165, 1.54) is 11.1 Å². The summed E-state index contributed by atoms with van der Waals surface area (Å²) in [5.41, 5.74) is 2.75. The summed E-state index contributed by atoms with van der Waals surface area (Å²) in [6, 6.07) is 8.57. The molecule has 0 bridgehead atoms. The summed E-state index contributed by atoms with van der Waals surface area (Å²) < 4.78 is 10.5. The summed E-state index contributed by atoms with van der Waals surface area (Å²) in [5, 5.41) is 0. The largest absolute Gasteiger partial charge is 0.356 e. The van der Waals surface area contributed by atoms with Gasteiger partial charge in [0.1, 0.15) is 6.79 Å². The van der Waals surface area contributed by atoms with E-state index in [1.54, 1.807) is 0 Å². The van der Waals surface area contributed by atoms with Crippen LogP contribution in [0.1, 0.15) is 38.8 Å². The Hall–Kier alpha value is -0.860. The molecule has 2 nitrogen and oxygen atoms in total. The van der Waals surface area contributed by atoms with Gasteiger partial charge < -0.3 is 9.47 Å². The standard InChI is InChI=1S/C14H22O2/c1-5-15-11-16-10-12-6-8-13(9-7-12)14(2,3)4/h6-9H,5,10-11H2,1-4H3. The number of hydrogen-bond donors (Lipinski definition) is 0. The maximum Gasteiger partial charge on any atom is 0.147 e. The Morgan fingerprint density at radius 1 is 1.00 bits per heavy atom. The van der Waals surface area contributed by atoms with E-state index in [4.69, 9.17) is 9.47 Å². The van der Waals surface area contributed by atoms with Gasteiger partial charge >= 0.3 is 0 Å². The van der Waals surface area contributed by atoms with Crippen molar-refractivity contribution in [3.8, 4) is 0 Å².